The third-order valence-corrected chi connectivity index (χ3v) is 4.58. The van der Waals surface area contributed by atoms with Crippen LogP contribution in [0.5, 0.6) is 0 Å². The summed E-state index contributed by atoms with van der Waals surface area (Å²) >= 11 is 3.71. The molecule has 1 aromatic heterocycles. The lowest BCUT2D eigenvalue weighted by Gasteiger charge is -2.10. The average molecular weight is 346 g/mol. The lowest BCUT2D eigenvalue weighted by atomic mass is 10.0. The van der Waals surface area contributed by atoms with Gasteiger partial charge in [-0.1, -0.05) is 59.3 Å². The van der Waals surface area contributed by atoms with E-state index in [4.69, 9.17) is 4.42 Å². The predicted octanol–water partition coefficient (Wildman–Crippen LogP) is 4.49. The zero-order chi connectivity index (χ0) is 14.8. The molecule has 0 saturated carbocycles. The summed E-state index contributed by atoms with van der Waals surface area (Å²) in [4.78, 5) is 12.0. The van der Waals surface area contributed by atoms with Crippen LogP contribution >= 0.6 is 15.9 Å². The van der Waals surface area contributed by atoms with E-state index in [2.05, 4.69) is 28.1 Å². The molecule has 3 aromatic rings. The van der Waals surface area contributed by atoms with Crippen LogP contribution in [-0.2, 0) is 6.54 Å². The van der Waals surface area contributed by atoms with Gasteiger partial charge in [0.1, 0.15) is 0 Å². The van der Waals surface area contributed by atoms with Gasteiger partial charge >= 0.3 is 5.76 Å². The lowest BCUT2D eigenvalue weighted by Crippen LogP contribution is -2.13. The molecule has 0 aliphatic rings. The highest BCUT2D eigenvalue weighted by Gasteiger charge is 2.14. The summed E-state index contributed by atoms with van der Waals surface area (Å²) in [7, 11) is 0. The molecule has 0 aliphatic carbocycles. The Hall–Kier alpha value is -1.81. The zero-order valence-electron chi connectivity index (χ0n) is 11.8. The van der Waals surface area contributed by atoms with Gasteiger partial charge in [0.05, 0.1) is 10.3 Å². The lowest BCUT2D eigenvalue weighted by molar-refractivity contribution is 0.502. The number of aromatic nitrogens is 1. The molecule has 4 heteroatoms. The number of alkyl halides is 1. The number of aryl methyl sites for hydroxylation is 1. The fourth-order valence-corrected chi connectivity index (χ4v) is 3.08. The molecule has 1 unspecified atom stereocenters. The van der Waals surface area contributed by atoms with E-state index in [9.17, 15) is 4.79 Å². The van der Waals surface area contributed by atoms with Crippen molar-refractivity contribution in [2.45, 2.75) is 24.7 Å². The van der Waals surface area contributed by atoms with Crippen molar-refractivity contribution in [3.63, 3.8) is 0 Å². The maximum Gasteiger partial charge on any atom is 0.419 e. The monoisotopic (exact) mass is 345 g/mol. The molecular weight excluding hydrogens is 330 g/mol. The summed E-state index contributed by atoms with van der Waals surface area (Å²) in [6, 6.07) is 16.1. The Labute approximate surface area is 131 Å². The van der Waals surface area contributed by atoms with Gasteiger partial charge in [-0.15, -0.1) is 0 Å². The highest BCUT2D eigenvalue weighted by atomic mass is 79.9. The van der Waals surface area contributed by atoms with E-state index in [-0.39, 0.29) is 10.6 Å². The largest absolute Gasteiger partial charge is 0.419 e. The Morgan fingerprint density at radius 1 is 1.14 bits per heavy atom. The van der Waals surface area contributed by atoms with E-state index in [0.717, 1.165) is 17.5 Å². The molecule has 3 rings (SSSR count). The maximum atomic E-state index is 11.9. The van der Waals surface area contributed by atoms with Crippen LogP contribution < -0.4 is 5.76 Å². The Morgan fingerprint density at radius 2 is 1.90 bits per heavy atom. The van der Waals surface area contributed by atoms with Crippen LogP contribution in [0.15, 0.2) is 57.7 Å². The normalized spacial score (nSPS) is 12.7. The third-order valence-electron chi connectivity index (χ3n) is 3.52. The van der Waals surface area contributed by atoms with Gasteiger partial charge in [-0.2, -0.15) is 0 Å². The summed E-state index contributed by atoms with van der Waals surface area (Å²) < 4.78 is 7.05. The predicted molar refractivity (Wildman–Crippen MR) is 88.0 cm³/mol. The zero-order valence-corrected chi connectivity index (χ0v) is 13.3. The van der Waals surface area contributed by atoms with Gasteiger partial charge in [0.2, 0.25) is 0 Å². The van der Waals surface area contributed by atoms with Crippen LogP contribution in [0.25, 0.3) is 11.1 Å². The number of rotatable bonds is 4. The Bertz CT molecular complexity index is 805. The Balaban J connectivity index is 2.04. The smallest absolute Gasteiger partial charge is 0.408 e. The first-order chi connectivity index (χ1) is 10.2. The standard InChI is InChI=1S/C17H16BrNO2/c1-2-10-19-14-9-8-13(11-15(14)21-17(19)20)16(18)12-6-4-3-5-7-12/h3-9,11,16H,2,10H2,1H3. The molecule has 0 bridgehead atoms. The number of nitrogens with zero attached hydrogens (tertiary/aromatic N) is 1. The number of hydrogen-bond donors (Lipinski definition) is 0. The molecule has 0 aliphatic heterocycles. The van der Waals surface area contributed by atoms with Gasteiger partial charge in [0.25, 0.3) is 0 Å². The van der Waals surface area contributed by atoms with Crippen LogP contribution in [0.3, 0.4) is 0 Å². The molecule has 0 N–H and O–H groups in total. The summed E-state index contributed by atoms with van der Waals surface area (Å²) in [5.41, 5.74) is 3.75. The van der Waals surface area contributed by atoms with E-state index in [1.807, 2.05) is 43.3 Å². The molecule has 0 amide bonds. The summed E-state index contributed by atoms with van der Waals surface area (Å²) in [5.74, 6) is -0.283. The van der Waals surface area contributed by atoms with Crippen molar-refractivity contribution < 1.29 is 4.42 Å². The topological polar surface area (TPSA) is 35.1 Å². The number of fused-ring (bicyclic) bond motifs is 1. The summed E-state index contributed by atoms with van der Waals surface area (Å²) in [5, 5.41) is 0. The second-order valence-electron chi connectivity index (χ2n) is 5.02. The highest BCUT2D eigenvalue weighted by Crippen LogP contribution is 2.32. The van der Waals surface area contributed by atoms with Crippen LogP contribution in [0, 0.1) is 0 Å². The molecule has 21 heavy (non-hydrogen) atoms. The number of hydrogen-bond acceptors (Lipinski definition) is 2. The molecule has 0 spiro atoms. The second kappa shape index (κ2) is 5.90. The van der Waals surface area contributed by atoms with Crippen LogP contribution in [0.2, 0.25) is 0 Å². The van der Waals surface area contributed by atoms with Crippen molar-refractivity contribution in [2.24, 2.45) is 0 Å². The van der Waals surface area contributed by atoms with Gasteiger partial charge in [0.15, 0.2) is 5.58 Å². The van der Waals surface area contributed by atoms with E-state index < -0.39 is 0 Å². The SMILES string of the molecule is CCCn1c(=O)oc2cc(C(Br)c3ccccc3)ccc21. The van der Waals surface area contributed by atoms with Gasteiger partial charge in [-0.3, -0.25) is 4.57 Å². The summed E-state index contributed by atoms with van der Waals surface area (Å²) in [6.07, 6.45) is 0.904. The van der Waals surface area contributed by atoms with Crippen LogP contribution in [-0.4, -0.2) is 4.57 Å². The number of benzene rings is 2. The minimum atomic E-state index is -0.283. The second-order valence-corrected chi connectivity index (χ2v) is 5.94. The summed E-state index contributed by atoms with van der Waals surface area (Å²) in [6.45, 7) is 2.73. The number of halogens is 1. The van der Waals surface area contributed by atoms with Crippen molar-refractivity contribution in [3.05, 3.63) is 70.2 Å². The average Bonchev–Trinajstić information content (AvgIpc) is 2.83. The molecule has 108 valence electrons. The van der Waals surface area contributed by atoms with Crippen molar-refractivity contribution in [3.8, 4) is 0 Å². The molecule has 1 atom stereocenters. The minimum Gasteiger partial charge on any atom is -0.408 e. The van der Waals surface area contributed by atoms with Crippen LogP contribution in [0.4, 0.5) is 0 Å². The highest BCUT2D eigenvalue weighted by molar-refractivity contribution is 9.09. The maximum absolute atomic E-state index is 11.9. The fraction of sp³-hybridized carbons (Fsp3) is 0.235. The van der Waals surface area contributed by atoms with E-state index >= 15 is 0 Å². The Morgan fingerprint density at radius 3 is 2.62 bits per heavy atom. The van der Waals surface area contributed by atoms with Gasteiger partial charge in [-0.05, 0) is 29.7 Å². The van der Waals surface area contributed by atoms with Crippen LogP contribution in [0.1, 0.15) is 29.3 Å². The Kier molecular flexibility index (Phi) is 3.97. The first-order valence-electron chi connectivity index (χ1n) is 7.03. The first kappa shape index (κ1) is 14.1. The molecule has 0 radical (unpaired) electrons. The van der Waals surface area contributed by atoms with Gasteiger partial charge in [-0.25, -0.2) is 4.79 Å². The van der Waals surface area contributed by atoms with Gasteiger partial charge in [0, 0.05) is 6.54 Å². The fourth-order valence-electron chi connectivity index (χ4n) is 2.49. The van der Waals surface area contributed by atoms with Crippen molar-refractivity contribution in [1.82, 2.24) is 4.57 Å². The number of oxazole rings is 1. The first-order valence-corrected chi connectivity index (χ1v) is 7.94. The molecule has 3 nitrogen and oxygen atoms in total. The quantitative estimate of drug-likeness (QED) is 0.653. The van der Waals surface area contributed by atoms with Crippen molar-refractivity contribution in [1.29, 1.82) is 0 Å². The van der Waals surface area contributed by atoms with E-state index in [1.54, 1.807) is 4.57 Å². The van der Waals surface area contributed by atoms with E-state index in [1.165, 1.54) is 5.56 Å². The van der Waals surface area contributed by atoms with Crippen molar-refractivity contribution >= 4 is 27.0 Å². The van der Waals surface area contributed by atoms with Gasteiger partial charge < -0.3 is 4.42 Å². The van der Waals surface area contributed by atoms with Crippen molar-refractivity contribution in [2.75, 3.05) is 0 Å². The molecule has 0 saturated heterocycles. The molecule has 1 heterocycles. The minimum absolute atomic E-state index is 0.0860. The molecule has 2 aromatic carbocycles. The third kappa shape index (κ3) is 2.68. The molecule has 0 fully saturated rings. The van der Waals surface area contributed by atoms with E-state index in [0.29, 0.717) is 12.1 Å². The molecular formula is C17H16BrNO2.